The molecule has 0 saturated heterocycles. The molecule has 1 heterocycles. The number of allylic oxidation sites excluding steroid dienone is 1. The first-order valence-electron chi connectivity index (χ1n) is 5.43. The highest BCUT2D eigenvalue weighted by Crippen LogP contribution is 2.16. The van der Waals surface area contributed by atoms with Crippen LogP contribution < -0.4 is 5.32 Å². The summed E-state index contributed by atoms with van der Waals surface area (Å²) in [6, 6.07) is 2.42. The fourth-order valence-corrected chi connectivity index (χ4v) is 1.66. The molecule has 3 heteroatoms. The molecule has 0 aromatic carbocycles. The van der Waals surface area contributed by atoms with Gasteiger partial charge in [0.25, 0.3) is 0 Å². The van der Waals surface area contributed by atoms with Gasteiger partial charge in [-0.15, -0.1) is 0 Å². The predicted molar refractivity (Wildman–Crippen MR) is 63.8 cm³/mol. The van der Waals surface area contributed by atoms with Gasteiger partial charge in [0.05, 0.1) is 17.4 Å². The molecule has 3 nitrogen and oxygen atoms in total. The van der Waals surface area contributed by atoms with Crippen LogP contribution in [-0.2, 0) is 13.5 Å². The predicted octanol–water partition coefficient (Wildman–Crippen LogP) is 2.21. The molecule has 1 aromatic heterocycles. The summed E-state index contributed by atoms with van der Waals surface area (Å²) in [6.07, 6.45) is 3.20. The molecule has 1 unspecified atom stereocenters. The van der Waals surface area contributed by atoms with E-state index in [0.29, 0.717) is 0 Å². The molecule has 0 amide bonds. The first-order chi connectivity index (χ1) is 7.08. The maximum absolute atomic E-state index is 4.45. The van der Waals surface area contributed by atoms with Crippen LogP contribution in [0.5, 0.6) is 0 Å². The first kappa shape index (κ1) is 12.0. The maximum atomic E-state index is 4.45. The molecular formula is C12H21N3. The van der Waals surface area contributed by atoms with Crippen molar-refractivity contribution in [3.05, 3.63) is 29.1 Å². The molecule has 1 N–H and O–H groups in total. The van der Waals surface area contributed by atoms with Crippen molar-refractivity contribution >= 4 is 0 Å². The van der Waals surface area contributed by atoms with Gasteiger partial charge in [0.15, 0.2) is 0 Å². The summed E-state index contributed by atoms with van der Waals surface area (Å²) < 4.78 is 1.96. The van der Waals surface area contributed by atoms with E-state index in [1.165, 1.54) is 11.3 Å². The van der Waals surface area contributed by atoms with E-state index in [2.05, 4.69) is 43.3 Å². The smallest absolute Gasteiger partial charge is 0.0678 e. The Kier molecular flexibility index (Phi) is 4.09. The van der Waals surface area contributed by atoms with Crippen LogP contribution in [0.1, 0.15) is 38.2 Å². The Morgan fingerprint density at radius 3 is 2.67 bits per heavy atom. The molecule has 1 rings (SSSR count). The summed E-state index contributed by atoms with van der Waals surface area (Å²) in [5.74, 6) is 0. The summed E-state index contributed by atoms with van der Waals surface area (Å²) >= 11 is 0. The quantitative estimate of drug-likeness (QED) is 0.767. The molecule has 0 fully saturated rings. The van der Waals surface area contributed by atoms with Crippen molar-refractivity contribution < 1.29 is 0 Å². The average molecular weight is 207 g/mol. The Bertz CT molecular complexity index is 346. The van der Waals surface area contributed by atoms with E-state index < -0.39 is 0 Å². The molecule has 15 heavy (non-hydrogen) atoms. The third kappa shape index (κ3) is 2.93. The molecule has 1 atom stereocenters. The van der Waals surface area contributed by atoms with Crippen molar-refractivity contribution in [3.8, 4) is 0 Å². The van der Waals surface area contributed by atoms with E-state index in [0.717, 1.165) is 12.1 Å². The molecule has 0 aliphatic rings. The number of aromatic nitrogens is 2. The van der Waals surface area contributed by atoms with Gasteiger partial charge in [-0.05, 0) is 33.4 Å². The van der Waals surface area contributed by atoms with Gasteiger partial charge in [-0.3, -0.25) is 4.68 Å². The third-order valence-corrected chi connectivity index (χ3v) is 2.46. The maximum Gasteiger partial charge on any atom is 0.0678 e. The lowest BCUT2D eigenvalue weighted by molar-refractivity contribution is 0.614. The summed E-state index contributed by atoms with van der Waals surface area (Å²) in [5, 5.41) is 7.74. The van der Waals surface area contributed by atoms with E-state index in [4.69, 9.17) is 0 Å². The Labute approximate surface area is 92.2 Å². The lowest BCUT2D eigenvalue weighted by atomic mass is 10.1. The minimum absolute atomic E-state index is 0.257. The molecular weight excluding hydrogens is 186 g/mol. The number of rotatable bonds is 4. The van der Waals surface area contributed by atoms with Crippen molar-refractivity contribution in [2.75, 3.05) is 7.05 Å². The second-order valence-electron chi connectivity index (χ2n) is 4.05. The van der Waals surface area contributed by atoms with Crippen LogP contribution in [0.4, 0.5) is 0 Å². The van der Waals surface area contributed by atoms with Gasteiger partial charge in [-0.1, -0.05) is 18.6 Å². The highest BCUT2D eigenvalue weighted by molar-refractivity contribution is 5.20. The van der Waals surface area contributed by atoms with Crippen LogP contribution in [-0.4, -0.2) is 16.8 Å². The SMILES string of the molecule is CCc1cc(C(C=C(C)C)NC)n(C)n1. The van der Waals surface area contributed by atoms with Crippen molar-refractivity contribution in [2.24, 2.45) is 7.05 Å². The fraction of sp³-hybridized carbons (Fsp3) is 0.583. The summed E-state index contributed by atoms with van der Waals surface area (Å²) in [4.78, 5) is 0. The van der Waals surface area contributed by atoms with Crippen molar-refractivity contribution in [1.82, 2.24) is 15.1 Å². The van der Waals surface area contributed by atoms with Crippen molar-refractivity contribution in [3.63, 3.8) is 0 Å². The number of aryl methyl sites for hydroxylation is 2. The summed E-state index contributed by atoms with van der Waals surface area (Å²) in [6.45, 7) is 6.35. The molecule has 84 valence electrons. The fourth-order valence-electron chi connectivity index (χ4n) is 1.66. The molecule has 0 aliphatic heterocycles. The Balaban J connectivity index is 3.01. The van der Waals surface area contributed by atoms with E-state index in [1.807, 2.05) is 18.8 Å². The number of nitrogens with zero attached hydrogens (tertiary/aromatic N) is 2. The van der Waals surface area contributed by atoms with E-state index in [9.17, 15) is 0 Å². The Morgan fingerprint density at radius 2 is 2.27 bits per heavy atom. The normalized spacial score (nSPS) is 12.6. The molecule has 0 saturated carbocycles. The van der Waals surface area contributed by atoms with Crippen LogP contribution in [0.3, 0.4) is 0 Å². The summed E-state index contributed by atoms with van der Waals surface area (Å²) in [5.41, 5.74) is 3.68. The topological polar surface area (TPSA) is 29.9 Å². The second kappa shape index (κ2) is 5.12. The minimum atomic E-state index is 0.257. The highest BCUT2D eigenvalue weighted by atomic mass is 15.3. The Hall–Kier alpha value is -1.09. The Morgan fingerprint density at radius 1 is 1.60 bits per heavy atom. The van der Waals surface area contributed by atoms with Crippen LogP contribution in [0, 0.1) is 0 Å². The van der Waals surface area contributed by atoms with Crippen molar-refractivity contribution in [2.45, 2.75) is 33.2 Å². The van der Waals surface area contributed by atoms with Gasteiger partial charge < -0.3 is 5.32 Å². The van der Waals surface area contributed by atoms with Crippen LogP contribution in [0.15, 0.2) is 17.7 Å². The molecule has 1 aromatic rings. The van der Waals surface area contributed by atoms with Gasteiger partial charge in [-0.2, -0.15) is 5.10 Å². The lowest BCUT2D eigenvalue weighted by Crippen LogP contribution is -2.17. The third-order valence-electron chi connectivity index (χ3n) is 2.46. The number of nitrogens with one attached hydrogen (secondary N) is 1. The van der Waals surface area contributed by atoms with E-state index in [1.54, 1.807) is 0 Å². The van der Waals surface area contributed by atoms with Gasteiger partial charge in [-0.25, -0.2) is 0 Å². The van der Waals surface area contributed by atoms with Gasteiger partial charge >= 0.3 is 0 Å². The number of hydrogen-bond acceptors (Lipinski definition) is 2. The van der Waals surface area contributed by atoms with E-state index >= 15 is 0 Å². The zero-order valence-corrected chi connectivity index (χ0v) is 10.3. The van der Waals surface area contributed by atoms with Crippen LogP contribution >= 0.6 is 0 Å². The zero-order valence-electron chi connectivity index (χ0n) is 10.3. The van der Waals surface area contributed by atoms with Gasteiger partial charge in [0.1, 0.15) is 0 Å². The number of likely N-dealkylation sites (N-methyl/N-ethyl adjacent to an activating group) is 1. The van der Waals surface area contributed by atoms with Crippen LogP contribution in [0.2, 0.25) is 0 Å². The minimum Gasteiger partial charge on any atom is -0.309 e. The van der Waals surface area contributed by atoms with Gasteiger partial charge in [0, 0.05) is 7.05 Å². The first-order valence-corrected chi connectivity index (χ1v) is 5.43. The number of hydrogen-bond donors (Lipinski definition) is 1. The largest absolute Gasteiger partial charge is 0.309 e. The molecule has 0 spiro atoms. The molecule has 0 radical (unpaired) electrons. The van der Waals surface area contributed by atoms with Gasteiger partial charge in [0.2, 0.25) is 0 Å². The van der Waals surface area contributed by atoms with Crippen molar-refractivity contribution in [1.29, 1.82) is 0 Å². The summed E-state index contributed by atoms with van der Waals surface area (Å²) in [7, 11) is 3.97. The van der Waals surface area contributed by atoms with Crippen LogP contribution in [0.25, 0.3) is 0 Å². The molecule has 0 bridgehead atoms. The average Bonchev–Trinajstić information content (AvgIpc) is 2.56. The second-order valence-corrected chi connectivity index (χ2v) is 4.05. The standard InChI is InChI=1S/C12H21N3/c1-6-10-8-12(15(5)14-10)11(13-4)7-9(2)3/h7-8,11,13H,6H2,1-5H3. The highest BCUT2D eigenvalue weighted by Gasteiger charge is 2.11. The molecule has 0 aliphatic carbocycles. The van der Waals surface area contributed by atoms with E-state index in [-0.39, 0.29) is 6.04 Å². The lowest BCUT2D eigenvalue weighted by Gasteiger charge is -2.12. The monoisotopic (exact) mass is 207 g/mol. The zero-order chi connectivity index (χ0) is 11.4.